The minimum absolute atomic E-state index is 0.0290. The number of nitrogen functional groups attached to an aromatic ring is 1. The largest absolute Gasteiger partial charge is 0.458 e. The van der Waals surface area contributed by atoms with Crippen molar-refractivity contribution >= 4 is 28.7 Å². The fourth-order valence-electron chi connectivity index (χ4n) is 5.05. The Kier molecular flexibility index (Phi) is 7.36. The number of primary amides is 1. The number of allylic oxidation sites excluding steroid dienone is 3. The van der Waals surface area contributed by atoms with Crippen LogP contribution in [-0.4, -0.2) is 55.6 Å². The van der Waals surface area contributed by atoms with Crippen LogP contribution in [0.15, 0.2) is 60.6 Å². The lowest BCUT2D eigenvalue weighted by molar-refractivity contribution is -0.134. The summed E-state index contributed by atoms with van der Waals surface area (Å²) in [6, 6.07) is 8.77. The van der Waals surface area contributed by atoms with Gasteiger partial charge >= 0.3 is 0 Å². The maximum absolute atomic E-state index is 13.0. The fourth-order valence-corrected chi connectivity index (χ4v) is 5.05. The maximum atomic E-state index is 13.0. The third kappa shape index (κ3) is 5.37. The van der Waals surface area contributed by atoms with Crippen molar-refractivity contribution in [1.82, 2.24) is 24.6 Å². The van der Waals surface area contributed by atoms with Crippen LogP contribution in [0.5, 0.6) is 5.75 Å². The zero-order valence-corrected chi connectivity index (χ0v) is 21.1. The van der Waals surface area contributed by atoms with E-state index in [1.165, 1.54) is 6.33 Å². The summed E-state index contributed by atoms with van der Waals surface area (Å²) in [5.41, 5.74) is 19.1. The average molecular weight is 517 g/mol. The second-order valence-electron chi connectivity index (χ2n) is 9.70. The Labute approximate surface area is 220 Å². The monoisotopic (exact) mass is 516 g/mol. The minimum atomic E-state index is -0.768. The SMILES string of the molecule is NC(=O)CC[C@H](N)C(=O)N1CCC[C@@H](n2nc(C3C=CC(Oc4ccccc4)=CC3)c3c(N)ncnc32)C1. The summed E-state index contributed by atoms with van der Waals surface area (Å²) in [6.45, 7) is 1.04. The van der Waals surface area contributed by atoms with Gasteiger partial charge in [-0.25, -0.2) is 14.6 Å². The van der Waals surface area contributed by atoms with Gasteiger partial charge in [-0.3, -0.25) is 9.59 Å². The van der Waals surface area contributed by atoms with Crippen LogP contribution in [-0.2, 0) is 9.59 Å². The molecule has 0 spiro atoms. The molecule has 11 heteroatoms. The van der Waals surface area contributed by atoms with Crippen LogP contribution in [0.1, 0.15) is 49.8 Å². The van der Waals surface area contributed by atoms with Crippen LogP contribution in [0.25, 0.3) is 11.0 Å². The third-order valence-corrected chi connectivity index (χ3v) is 7.01. The number of aromatic nitrogens is 4. The topological polar surface area (TPSA) is 168 Å². The average Bonchev–Trinajstić information content (AvgIpc) is 3.33. The van der Waals surface area contributed by atoms with E-state index in [0.29, 0.717) is 31.0 Å². The van der Waals surface area contributed by atoms with Crippen molar-refractivity contribution < 1.29 is 14.3 Å². The van der Waals surface area contributed by atoms with Crippen molar-refractivity contribution in [3.63, 3.8) is 0 Å². The van der Waals surface area contributed by atoms with Crippen molar-refractivity contribution in [3.05, 3.63) is 66.3 Å². The van der Waals surface area contributed by atoms with E-state index < -0.39 is 11.9 Å². The summed E-state index contributed by atoms with van der Waals surface area (Å²) < 4.78 is 7.84. The lowest BCUT2D eigenvalue weighted by Gasteiger charge is -2.34. The highest BCUT2D eigenvalue weighted by Crippen LogP contribution is 2.36. The van der Waals surface area contributed by atoms with Gasteiger partial charge in [-0.2, -0.15) is 5.10 Å². The van der Waals surface area contributed by atoms with E-state index in [-0.39, 0.29) is 30.7 Å². The van der Waals surface area contributed by atoms with Crippen molar-refractivity contribution in [2.45, 2.75) is 50.1 Å². The second kappa shape index (κ2) is 11.0. The lowest BCUT2D eigenvalue weighted by Crippen LogP contribution is -2.48. The molecule has 11 nitrogen and oxygen atoms in total. The smallest absolute Gasteiger partial charge is 0.239 e. The number of likely N-dealkylation sites (tertiary alicyclic amines) is 1. The molecule has 3 heterocycles. The Morgan fingerprint density at radius 3 is 2.74 bits per heavy atom. The Hall–Kier alpha value is -4.25. The highest BCUT2D eigenvalue weighted by atomic mass is 16.5. The molecule has 38 heavy (non-hydrogen) atoms. The molecule has 5 rings (SSSR count). The van der Waals surface area contributed by atoms with E-state index in [4.69, 9.17) is 27.0 Å². The Morgan fingerprint density at radius 1 is 1.18 bits per heavy atom. The summed E-state index contributed by atoms with van der Waals surface area (Å²) in [7, 11) is 0. The number of benzene rings is 1. The molecule has 0 saturated carbocycles. The van der Waals surface area contributed by atoms with Gasteiger partial charge in [-0.05, 0) is 50.0 Å². The predicted molar refractivity (Wildman–Crippen MR) is 143 cm³/mol. The number of carbonyl (C=O) groups excluding carboxylic acids is 2. The standard InChI is InChI=1S/C27H32N8O3/c28-21(12-13-22(29)36)27(37)34-14-4-5-18(15-34)35-26-23(25(30)31-16-32-26)24(33-35)17-8-10-20(11-9-17)38-19-6-2-1-3-7-19/h1-3,6-8,10-11,16-18,21H,4-5,9,12-15,28H2,(H2,29,36)(H2,30,31,32)/t17?,18-,21+/m1/s1. The number of hydrogen-bond donors (Lipinski definition) is 3. The first-order valence-corrected chi connectivity index (χ1v) is 12.8. The summed E-state index contributed by atoms with van der Waals surface area (Å²) in [5.74, 6) is 1.24. The van der Waals surface area contributed by atoms with E-state index in [1.54, 1.807) is 4.90 Å². The first-order valence-electron chi connectivity index (χ1n) is 12.8. The summed E-state index contributed by atoms with van der Waals surface area (Å²) in [6.07, 6.45) is 10.1. The summed E-state index contributed by atoms with van der Waals surface area (Å²) in [5, 5.41) is 5.71. The number of hydrogen-bond acceptors (Lipinski definition) is 8. The third-order valence-electron chi connectivity index (χ3n) is 7.01. The first kappa shape index (κ1) is 25.4. The molecular formula is C27H32N8O3. The highest BCUT2D eigenvalue weighted by molar-refractivity contribution is 5.89. The zero-order chi connectivity index (χ0) is 26.6. The molecule has 3 atom stereocenters. The molecule has 198 valence electrons. The van der Waals surface area contributed by atoms with Gasteiger partial charge in [0.25, 0.3) is 0 Å². The van der Waals surface area contributed by atoms with Gasteiger partial charge in [0.05, 0.1) is 23.2 Å². The van der Waals surface area contributed by atoms with Crippen LogP contribution in [0.4, 0.5) is 5.82 Å². The Balaban J connectivity index is 1.36. The van der Waals surface area contributed by atoms with Gasteiger partial charge in [-0.1, -0.05) is 24.3 Å². The lowest BCUT2D eigenvalue weighted by atomic mass is 9.95. The van der Waals surface area contributed by atoms with Crippen molar-refractivity contribution in [3.8, 4) is 5.75 Å². The van der Waals surface area contributed by atoms with Gasteiger partial charge in [0.15, 0.2) is 5.65 Å². The fraction of sp³-hybridized carbons (Fsp3) is 0.370. The molecule has 0 bridgehead atoms. The number of nitrogens with two attached hydrogens (primary N) is 3. The molecule has 1 fully saturated rings. The van der Waals surface area contributed by atoms with Crippen LogP contribution in [0.2, 0.25) is 0 Å². The van der Waals surface area contributed by atoms with E-state index in [2.05, 4.69) is 16.0 Å². The number of nitrogens with zero attached hydrogens (tertiary/aromatic N) is 5. The van der Waals surface area contributed by atoms with Gasteiger partial charge in [0.1, 0.15) is 23.7 Å². The molecular weight excluding hydrogens is 484 g/mol. The van der Waals surface area contributed by atoms with Gasteiger partial charge in [0, 0.05) is 25.4 Å². The molecule has 1 aliphatic carbocycles. The van der Waals surface area contributed by atoms with E-state index in [9.17, 15) is 9.59 Å². The minimum Gasteiger partial charge on any atom is -0.458 e. The van der Waals surface area contributed by atoms with E-state index in [0.717, 1.165) is 35.4 Å². The van der Waals surface area contributed by atoms with Crippen LogP contribution in [0.3, 0.4) is 0 Å². The molecule has 2 aromatic heterocycles. The normalized spacial score (nSPS) is 20.2. The quantitative estimate of drug-likeness (QED) is 0.409. The van der Waals surface area contributed by atoms with Crippen LogP contribution >= 0.6 is 0 Å². The Bertz CT molecular complexity index is 1380. The number of piperidine rings is 1. The molecule has 1 unspecified atom stereocenters. The van der Waals surface area contributed by atoms with Gasteiger partial charge < -0.3 is 26.8 Å². The second-order valence-corrected chi connectivity index (χ2v) is 9.70. The molecule has 2 aliphatic rings. The van der Waals surface area contributed by atoms with Crippen LogP contribution in [0, 0.1) is 0 Å². The number of amides is 2. The summed E-state index contributed by atoms with van der Waals surface area (Å²) in [4.78, 5) is 34.6. The number of para-hydroxylation sites is 1. The first-order chi connectivity index (χ1) is 18.4. The molecule has 2 amide bonds. The number of fused-ring (bicyclic) bond motifs is 1. The maximum Gasteiger partial charge on any atom is 0.239 e. The van der Waals surface area contributed by atoms with Gasteiger partial charge in [-0.15, -0.1) is 0 Å². The Morgan fingerprint density at radius 2 is 2.00 bits per heavy atom. The molecule has 3 aromatic rings. The van der Waals surface area contributed by atoms with Crippen molar-refractivity contribution in [2.24, 2.45) is 11.5 Å². The molecule has 6 N–H and O–H groups in total. The van der Waals surface area contributed by atoms with E-state index >= 15 is 0 Å². The number of rotatable bonds is 8. The van der Waals surface area contributed by atoms with Crippen molar-refractivity contribution in [1.29, 1.82) is 0 Å². The zero-order valence-electron chi connectivity index (χ0n) is 21.1. The van der Waals surface area contributed by atoms with Crippen molar-refractivity contribution in [2.75, 3.05) is 18.8 Å². The number of anilines is 1. The molecule has 0 radical (unpaired) electrons. The predicted octanol–water partition coefficient (Wildman–Crippen LogP) is 2.17. The van der Waals surface area contributed by atoms with Gasteiger partial charge in [0.2, 0.25) is 11.8 Å². The van der Waals surface area contributed by atoms with E-state index in [1.807, 2.05) is 47.2 Å². The molecule has 1 aliphatic heterocycles. The number of carbonyl (C=O) groups is 2. The van der Waals surface area contributed by atoms with Crippen LogP contribution < -0.4 is 21.9 Å². The number of ether oxygens (including phenoxy) is 1. The summed E-state index contributed by atoms with van der Waals surface area (Å²) >= 11 is 0. The highest BCUT2D eigenvalue weighted by Gasteiger charge is 2.31. The molecule has 1 saturated heterocycles. The molecule has 1 aromatic carbocycles.